The van der Waals surface area contributed by atoms with E-state index in [1.165, 1.54) is 110 Å². The second-order valence-corrected chi connectivity index (χ2v) is 17.7. The van der Waals surface area contributed by atoms with Crippen LogP contribution in [0, 0.1) is 0 Å². The number of hydrogen-bond donors (Lipinski definition) is 0. The Morgan fingerprint density at radius 2 is 0.905 bits per heavy atom. The van der Waals surface area contributed by atoms with E-state index in [1.54, 1.807) is 0 Å². The number of aromatic nitrogens is 1. The lowest BCUT2D eigenvalue weighted by Crippen LogP contribution is -2.14. The average Bonchev–Trinajstić information content (AvgIpc) is 3.77. The van der Waals surface area contributed by atoms with Crippen molar-refractivity contribution in [2.75, 3.05) is 4.90 Å². The fourth-order valence-electron chi connectivity index (χ4n) is 10.9. The third-order valence-electron chi connectivity index (χ3n) is 13.9. The largest absolute Gasteiger partial charge is 0.309 e. The fourth-order valence-corrected chi connectivity index (χ4v) is 10.9. The van der Waals surface area contributed by atoms with Gasteiger partial charge in [-0.1, -0.05) is 172 Å². The molecule has 296 valence electrons. The van der Waals surface area contributed by atoms with Gasteiger partial charge in [0.25, 0.3) is 0 Å². The highest BCUT2D eigenvalue weighted by Gasteiger charge is 2.36. The zero-order valence-corrected chi connectivity index (χ0v) is 35.2. The highest BCUT2D eigenvalue weighted by molar-refractivity contribution is 6.23. The van der Waals surface area contributed by atoms with Gasteiger partial charge < -0.3 is 9.47 Å². The van der Waals surface area contributed by atoms with Crippen LogP contribution in [-0.2, 0) is 5.41 Å². The summed E-state index contributed by atoms with van der Waals surface area (Å²) in [5.41, 5.74) is 14.8. The van der Waals surface area contributed by atoms with E-state index in [0.717, 1.165) is 11.4 Å². The van der Waals surface area contributed by atoms with Crippen LogP contribution in [0.4, 0.5) is 17.1 Å². The van der Waals surface area contributed by atoms with Gasteiger partial charge in [0.05, 0.1) is 16.7 Å². The highest BCUT2D eigenvalue weighted by atomic mass is 15.1. The molecule has 63 heavy (non-hydrogen) atoms. The first kappa shape index (κ1) is 35.8. The Morgan fingerprint density at radius 3 is 1.56 bits per heavy atom. The maximum Gasteiger partial charge on any atom is 0.0618 e. The first-order valence-electron chi connectivity index (χ1n) is 22.0. The van der Waals surface area contributed by atoms with E-state index >= 15 is 0 Å². The van der Waals surface area contributed by atoms with Crippen LogP contribution < -0.4 is 4.90 Å². The molecule has 0 unspecified atom stereocenters. The number of anilines is 3. The molecule has 12 aromatic rings. The number of fused-ring (bicyclic) bond motifs is 10. The standard InChI is InChI=1S/C61H42N2/c1-61(2)55-27-15-14-22-47(55)52-37-54-53-36-43(30-33-57(53)63(58(54)38-56(52)61)44-20-4-3-5-21-44)59-48-23-10-12-25-50(48)60(51-26-13-11-24-49(51)59)62(45-31-28-39-16-6-8-18-41(39)34-45)46-32-29-40-17-7-9-19-42(40)35-46/h3-38H,1-2H3. The predicted octanol–water partition coefficient (Wildman–Crippen LogP) is 16.8. The molecule has 11 aromatic carbocycles. The van der Waals surface area contributed by atoms with Crippen molar-refractivity contribution in [1.82, 2.24) is 4.57 Å². The Bertz CT molecular complexity index is 3700. The molecule has 0 N–H and O–H groups in total. The predicted molar refractivity (Wildman–Crippen MR) is 268 cm³/mol. The minimum absolute atomic E-state index is 0.101. The zero-order chi connectivity index (χ0) is 41.8. The van der Waals surface area contributed by atoms with Crippen LogP contribution in [0.2, 0.25) is 0 Å². The normalized spacial score (nSPS) is 13.0. The second-order valence-electron chi connectivity index (χ2n) is 17.7. The van der Waals surface area contributed by atoms with Crippen molar-refractivity contribution in [2.45, 2.75) is 19.3 Å². The number of para-hydroxylation sites is 1. The van der Waals surface area contributed by atoms with E-state index in [2.05, 4.69) is 242 Å². The maximum absolute atomic E-state index is 2.49. The van der Waals surface area contributed by atoms with Gasteiger partial charge in [0.2, 0.25) is 0 Å². The molecule has 1 aromatic heterocycles. The molecule has 0 spiro atoms. The van der Waals surface area contributed by atoms with Gasteiger partial charge in [0.1, 0.15) is 0 Å². The summed E-state index contributed by atoms with van der Waals surface area (Å²) in [6, 6.07) is 81.1. The van der Waals surface area contributed by atoms with Crippen LogP contribution >= 0.6 is 0 Å². The number of nitrogens with zero attached hydrogens (tertiary/aromatic N) is 2. The molecule has 0 saturated heterocycles. The Hall–Kier alpha value is -7.94. The van der Waals surface area contributed by atoms with Crippen molar-refractivity contribution in [2.24, 2.45) is 0 Å². The van der Waals surface area contributed by atoms with Gasteiger partial charge in [-0.25, -0.2) is 0 Å². The molecule has 0 radical (unpaired) electrons. The lowest BCUT2D eigenvalue weighted by Gasteiger charge is -2.30. The molecule has 2 nitrogen and oxygen atoms in total. The van der Waals surface area contributed by atoms with Crippen LogP contribution in [0.15, 0.2) is 218 Å². The lowest BCUT2D eigenvalue weighted by atomic mass is 9.82. The van der Waals surface area contributed by atoms with E-state index in [-0.39, 0.29) is 5.41 Å². The number of benzene rings is 11. The van der Waals surface area contributed by atoms with Gasteiger partial charge >= 0.3 is 0 Å². The third kappa shape index (κ3) is 5.31. The Balaban J connectivity index is 1.10. The van der Waals surface area contributed by atoms with E-state index < -0.39 is 0 Å². The molecule has 0 bridgehead atoms. The average molecular weight is 803 g/mol. The Labute approximate surface area is 366 Å². The van der Waals surface area contributed by atoms with E-state index in [1.807, 2.05) is 0 Å². The second kappa shape index (κ2) is 13.5. The topological polar surface area (TPSA) is 8.17 Å². The summed E-state index contributed by atoms with van der Waals surface area (Å²) in [5, 5.41) is 12.3. The zero-order valence-electron chi connectivity index (χ0n) is 35.2. The summed E-state index contributed by atoms with van der Waals surface area (Å²) in [4.78, 5) is 2.49. The molecule has 0 amide bonds. The van der Waals surface area contributed by atoms with Crippen LogP contribution in [-0.4, -0.2) is 4.57 Å². The molecule has 13 rings (SSSR count). The first-order chi connectivity index (χ1) is 31.0. The summed E-state index contributed by atoms with van der Waals surface area (Å²) < 4.78 is 2.47. The highest BCUT2D eigenvalue weighted by Crippen LogP contribution is 2.53. The van der Waals surface area contributed by atoms with Crippen LogP contribution in [0.1, 0.15) is 25.0 Å². The fraction of sp³-hybridized carbons (Fsp3) is 0.0492. The molecule has 1 aliphatic rings. The van der Waals surface area contributed by atoms with Gasteiger partial charge in [0, 0.05) is 44.0 Å². The molecule has 2 heteroatoms. The molecular formula is C61H42N2. The van der Waals surface area contributed by atoms with Crippen molar-refractivity contribution >= 4 is 82.0 Å². The van der Waals surface area contributed by atoms with Crippen LogP contribution in [0.3, 0.4) is 0 Å². The van der Waals surface area contributed by atoms with E-state index in [4.69, 9.17) is 0 Å². The molecule has 1 aliphatic carbocycles. The Morgan fingerprint density at radius 1 is 0.365 bits per heavy atom. The van der Waals surface area contributed by atoms with Crippen molar-refractivity contribution < 1.29 is 0 Å². The maximum atomic E-state index is 2.49. The first-order valence-corrected chi connectivity index (χ1v) is 22.0. The SMILES string of the molecule is CC1(C)c2ccccc2-c2cc3c4cc(-c5c6ccccc6c(N(c6ccc7ccccc7c6)c6ccc7ccccc7c6)c6ccccc56)ccc4n(-c4ccccc4)c3cc21. The van der Waals surface area contributed by atoms with Gasteiger partial charge in [-0.3, -0.25) is 0 Å². The van der Waals surface area contributed by atoms with Crippen LogP contribution in [0.25, 0.3) is 92.8 Å². The Kier molecular flexibility index (Phi) is 7.68. The monoisotopic (exact) mass is 802 g/mol. The number of hydrogen-bond acceptors (Lipinski definition) is 1. The van der Waals surface area contributed by atoms with Gasteiger partial charge in [0.15, 0.2) is 0 Å². The lowest BCUT2D eigenvalue weighted by molar-refractivity contribution is 0.661. The van der Waals surface area contributed by atoms with Gasteiger partial charge in [-0.05, 0) is 126 Å². The quantitative estimate of drug-likeness (QED) is 0.157. The molecule has 0 aliphatic heterocycles. The molecule has 0 atom stereocenters. The molecule has 0 fully saturated rings. The smallest absolute Gasteiger partial charge is 0.0618 e. The van der Waals surface area contributed by atoms with Crippen molar-refractivity contribution in [3.8, 4) is 27.9 Å². The third-order valence-corrected chi connectivity index (χ3v) is 13.9. The summed E-state index contributed by atoms with van der Waals surface area (Å²) in [7, 11) is 0. The van der Waals surface area contributed by atoms with Crippen molar-refractivity contribution in [3.63, 3.8) is 0 Å². The van der Waals surface area contributed by atoms with Crippen molar-refractivity contribution in [3.05, 3.63) is 230 Å². The van der Waals surface area contributed by atoms with Gasteiger partial charge in [-0.15, -0.1) is 0 Å². The summed E-state index contributed by atoms with van der Waals surface area (Å²) in [6.45, 7) is 4.75. The molecular weight excluding hydrogens is 761 g/mol. The summed E-state index contributed by atoms with van der Waals surface area (Å²) in [6.07, 6.45) is 0. The van der Waals surface area contributed by atoms with Crippen molar-refractivity contribution in [1.29, 1.82) is 0 Å². The minimum Gasteiger partial charge on any atom is -0.309 e. The van der Waals surface area contributed by atoms with E-state index in [0.29, 0.717) is 0 Å². The van der Waals surface area contributed by atoms with E-state index in [9.17, 15) is 0 Å². The minimum atomic E-state index is -0.101. The number of rotatable bonds is 5. The molecule has 0 saturated carbocycles. The van der Waals surface area contributed by atoms with Crippen LogP contribution in [0.5, 0.6) is 0 Å². The molecule has 1 heterocycles. The summed E-state index contributed by atoms with van der Waals surface area (Å²) >= 11 is 0. The van der Waals surface area contributed by atoms with Gasteiger partial charge in [-0.2, -0.15) is 0 Å². The summed E-state index contributed by atoms with van der Waals surface area (Å²) in [5.74, 6) is 0.